The summed E-state index contributed by atoms with van der Waals surface area (Å²) in [7, 11) is 0. The number of hydrogen-bond acceptors (Lipinski definition) is 4. The number of rotatable bonds is 4. The van der Waals surface area contributed by atoms with Crippen molar-refractivity contribution in [1.29, 1.82) is 0 Å². The number of hydrogen-bond donors (Lipinski definition) is 1. The van der Waals surface area contributed by atoms with Crippen LogP contribution in [0, 0.1) is 5.92 Å². The fourth-order valence-corrected chi connectivity index (χ4v) is 3.95. The minimum Gasteiger partial charge on any atom is -0.477 e. The van der Waals surface area contributed by atoms with E-state index in [0.29, 0.717) is 16.8 Å². The van der Waals surface area contributed by atoms with Gasteiger partial charge in [-0.05, 0) is 42.3 Å². The number of carbonyl (C=O) groups is 1. The van der Waals surface area contributed by atoms with Crippen molar-refractivity contribution >= 4 is 27.4 Å². The van der Waals surface area contributed by atoms with Gasteiger partial charge in [-0.15, -0.1) is 16.4 Å². The first-order valence-corrected chi connectivity index (χ1v) is 8.58. The van der Waals surface area contributed by atoms with Crippen molar-refractivity contribution in [3.05, 3.63) is 29.1 Å². The zero-order valence-electron chi connectivity index (χ0n) is 12.9. The monoisotopic (exact) mass is 319 g/mol. The zero-order chi connectivity index (χ0) is 15.7. The SMILES string of the molecule is CC(C)C1CCCCN1Oc1ccc2cc(C(=O)O)sc2c1. The van der Waals surface area contributed by atoms with Crippen LogP contribution in [0.2, 0.25) is 0 Å². The molecule has 1 N–H and O–H groups in total. The van der Waals surface area contributed by atoms with Gasteiger partial charge in [0.05, 0.1) is 0 Å². The molecule has 1 aromatic carbocycles. The number of carboxylic acid groups (broad SMARTS) is 1. The van der Waals surface area contributed by atoms with Crippen molar-refractivity contribution in [3.63, 3.8) is 0 Å². The van der Waals surface area contributed by atoms with Crippen LogP contribution >= 0.6 is 11.3 Å². The summed E-state index contributed by atoms with van der Waals surface area (Å²) in [4.78, 5) is 17.5. The molecule has 0 aliphatic carbocycles. The molecule has 1 atom stereocenters. The summed E-state index contributed by atoms with van der Waals surface area (Å²) >= 11 is 1.29. The first kappa shape index (κ1) is 15.3. The molecule has 118 valence electrons. The lowest BCUT2D eigenvalue weighted by molar-refractivity contribution is -0.125. The van der Waals surface area contributed by atoms with Gasteiger partial charge in [0.15, 0.2) is 0 Å². The Morgan fingerprint density at radius 2 is 2.18 bits per heavy atom. The minimum absolute atomic E-state index is 0.366. The Labute approximate surface area is 134 Å². The van der Waals surface area contributed by atoms with Crippen molar-refractivity contribution in [3.8, 4) is 5.75 Å². The summed E-state index contributed by atoms with van der Waals surface area (Å²) in [5.41, 5.74) is 0. The van der Waals surface area contributed by atoms with E-state index in [-0.39, 0.29) is 0 Å². The van der Waals surface area contributed by atoms with Gasteiger partial charge in [0.25, 0.3) is 0 Å². The standard InChI is InChI=1S/C17H21NO3S/c1-11(2)14-5-3-4-8-18(14)21-13-7-6-12-9-16(17(19)20)22-15(12)10-13/h6-7,9-11,14H,3-5,8H2,1-2H3,(H,19,20). The van der Waals surface area contributed by atoms with E-state index in [2.05, 4.69) is 18.9 Å². The van der Waals surface area contributed by atoms with E-state index in [4.69, 9.17) is 9.94 Å². The fraction of sp³-hybridized carbons (Fsp3) is 0.471. The van der Waals surface area contributed by atoms with Crippen molar-refractivity contribution in [1.82, 2.24) is 5.06 Å². The largest absolute Gasteiger partial charge is 0.477 e. The molecule has 5 heteroatoms. The predicted molar refractivity (Wildman–Crippen MR) is 88.6 cm³/mol. The Hall–Kier alpha value is -1.59. The van der Waals surface area contributed by atoms with Gasteiger partial charge in [-0.1, -0.05) is 20.3 Å². The second kappa shape index (κ2) is 6.26. The van der Waals surface area contributed by atoms with Crippen LogP contribution in [0.1, 0.15) is 42.8 Å². The van der Waals surface area contributed by atoms with Crippen LogP contribution in [-0.2, 0) is 0 Å². The Bertz CT molecular complexity index is 680. The van der Waals surface area contributed by atoms with E-state index < -0.39 is 5.97 Å². The third-order valence-corrected chi connectivity index (χ3v) is 5.28. The molecule has 1 aliphatic rings. The summed E-state index contributed by atoms with van der Waals surface area (Å²) in [6.07, 6.45) is 3.59. The highest BCUT2D eigenvalue weighted by molar-refractivity contribution is 7.20. The van der Waals surface area contributed by atoms with E-state index in [1.54, 1.807) is 6.07 Å². The molecule has 1 aromatic heterocycles. The maximum Gasteiger partial charge on any atom is 0.345 e. The van der Waals surface area contributed by atoms with Gasteiger partial charge in [-0.3, -0.25) is 0 Å². The van der Waals surface area contributed by atoms with E-state index in [9.17, 15) is 4.79 Å². The number of piperidine rings is 1. The molecule has 2 heterocycles. The van der Waals surface area contributed by atoms with Crippen molar-refractivity contribution < 1.29 is 14.7 Å². The summed E-state index contributed by atoms with van der Waals surface area (Å²) < 4.78 is 0.952. The predicted octanol–water partition coefficient (Wildman–Crippen LogP) is 4.40. The molecule has 22 heavy (non-hydrogen) atoms. The van der Waals surface area contributed by atoms with Crippen LogP contribution in [0.25, 0.3) is 10.1 Å². The molecule has 2 aromatic rings. The van der Waals surface area contributed by atoms with Crippen LogP contribution in [0.15, 0.2) is 24.3 Å². The smallest absolute Gasteiger partial charge is 0.345 e. The van der Waals surface area contributed by atoms with E-state index in [1.165, 1.54) is 24.2 Å². The molecule has 1 saturated heterocycles. The maximum atomic E-state index is 11.1. The van der Waals surface area contributed by atoms with Crippen molar-refractivity contribution in [2.24, 2.45) is 5.92 Å². The second-order valence-electron chi connectivity index (χ2n) is 6.15. The number of benzene rings is 1. The normalized spacial score (nSPS) is 19.7. The fourth-order valence-electron chi connectivity index (χ4n) is 3.02. The Balaban J connectivity index is 1.82. The molecular formula is C17H21NO3S. The number of thiophene rings is 1. The van der Waals surface area contributed by atoms with Gasteiger partial charge < -0.3 is 9.94 Å². The number of hydroxylamine groups is 2. The second-order valence-corrected chi connectivity index (χ2v) is 7.24. The average Bonchev–Trinajstić information content (AvgIpc) is 2.91. The van der Waals surface area contributed by atoms with Gasteiger partial charge in [0, 0.05) is 23.4 Å². The lowest BCUT2D eigenvalue weighted by Crippen LogP contribution is -2.44. The van der Waals surface area contributed by atoms with Crippen molar-refractivity contribution in [2.45, 2.75) is 39.2 Å². The molecule has 0 spiro atoms. The quantitative estimate of drug-likeness (QED) is 0.907. The third-order valence-electron chi connectivity index (χ3n) is 4.19. The van der Waals surface area contributed by atoms with Crippen LogP contribution in [0.4, 0.5) is 0 Å². The molecule has 1 fully saturated rings. The van der Waals surface area contributed by atoms with Crippen LogP contribution in [0.5, 0.6) is 5.75 Å². The third kappa shape index (κ3) is 3.10. The molecule has 4 nitrogen and oxygen atoms in total. The molecule has 0 amide bonds. The Kier molecular flexibility index (Phi) is 4.36. The molecule has 1 aliphatic heterocycles. The summed E-state index contributed by atoms with van der Waals surface area (Å²) in [5, 5.41) is 12.1. The Morgan fingerprint density at radius 1 is 1.36 bits per heavy atom. The maximum absolute atomic E-state index is 11.1. The molecule has 0 saturated carbocycles. The van der Waals surface area contributed by atoms with E-state index in [0.717, 1.165) is 28.8 Å². The topological polar surface area (TPSA) is 49.8 Å². The van der Waals surface area contributed by atoms with Gasteiger partial charge in [-0.2, -0.15) is 0 Å². The Morgan fingerprint density at radius 3 is 2.91 bits per heavy atom. The highest BCUT2D eigenvalue weighted by atomic mass is 32.1. The van der Waals surface area contributed by atoms with Gasteiger partial charge in [0.1, 0.15) is 10.6 Å². The summed E-state index contributed by atoms with van der Waals surface area (Å²) in [6.45, 7) is 5.41. The van der Waals surface area contributed by atoms with Crippen LogP contribution in [0.3, 0.4) is 0 Å². The molecule has 0 radical (unpaired) electrons. The highest BCUT2D eigenvalue weighted by Gasteiger charge is 2.26. The van der Waals surface area contributed by atoms with Crippen molar-refractivity contribution in [2.75, 3.05) is 6.54 Å². The lowest BCUT2D eigenvalue weighted by Gasteiger charge is -2.36. The zero-order valence-corrected chi connectivity index (χ0v) is 13.7. The average molecular weight is 319 g/mol. The minimum atomic E-state index is -0.875. The van der Waals surface area contributed by atoms with Crippen LogP contribution in [-0.4, -0.2) is 28.7 Å². The number of fused-ring (bicyclic) bond motifs is 1. The van der Waals surface area contributed by atoms with E-state index in [1.807, 2.05) is 18.2 Å². The van der Waals surface area contributed by atoms with Gasteiger partial charge in [-0.25, -0.2) is 4.79 Å². The molecular weight excluding hydrogens is 298 g/mol. The first-order chi connectivity index (χ1) is 10.5. The first-order valence-electron chi connectivity index (χ1n) is 7.76. The summed E-state index contributed by atoms with van der Waals surface area (Å²) in [5.74, 6) is 0.475. The molecule has 3 rings (SSSR count). The molecule has 1 unspecified atom stereocenters. The number of aromatic carboxylic acids is 1. The van der Waals surface area contributed by atoms with Gasteiger partial charge in [0.2, 0.25) is 0 Å². The van der Waals surface area contributed by atoms with E-state index >= 15 is 0 Å². The summed E-state index contributed by atoms with van der Waals surface area (Å²) in [6, 6.07) is 7.96. The molecule has 0 bridgehead atoms. The number of nitrogens with zero attached hydrogens (tertiary/aromatic N) is 1. The number of carboxylic acids is 1. The van der Waals surface area contributed by atoms with Gasteiger partial charge >= 0.3 is 5.97 Å². The lowest BCUT2D eigenvalue weighted by atomic mass is 9.95. The highest BCUT2D eigenvalue weighted by Crippen LogP contribution is 2.31. The van der Waals surface area contributed by atoms with Crippen LogP contribution < -0.4 is 4.84 Å².